The molecule has 0 aliphatic heterocycles. The van der Waals surface area contributed by atoms with Crippen molar-refractivity contribution in [1.82, 2.24) is 9.97 Å². The fraction of sp³-hybridized carbons (Fsp3) is 0.0714. The minimum absolute atomic E-state index is 0.256. The number of nitrogens with zero attached hydrogens (tertiary/aromatic N) is 2. The molecule has 0 saturated heterocycles. The highest BCUT2D eigenvalue weighted by molar-refractivity contribution is 7.98. The molecule has 0 aliphatic carbocycles. The Balaban J connectivity index is 1.75. The number of thiazole rings is 1. The molecule has 3 aromatic rings. The molecule has 1 N–H and O–H groups in total. The zero-order valence-corrected chi connectivity index (χ0v) is 11.9. The molecule has 100 valence electrons. The molecular weight excluding hydrogens is 292 g/mol. The molecule has 4 nitrogen and oxygen atoms in total. The van der Waals surface area contributed by atoms with Gasteiger partial charge in [-0.2, -0.15) is 0 Å². The number of carboxylic acid groups (broad SMARTS) is 1. The summed E-state index contributed by atoms with van der Waals surface area (Å²) in [5.41, 5.74) is 1.26. The van der Waals surface area contributed by atoms with E-state index in [9.17, 15) is 4.79 Å². The van der Waals surface area contributed by atoms with Crippen molar-refractivity contribution in [3.8, 4) is 0 Å². The first-order valence-corrected chi connectivity index (χ1v) is 7.69. The molecule has 0 amide bonds. The van der Waals surface area contributed by atoms with Gasteiger partial charge in [-0.25, -0.2) is 14.8 Å². The lowest BCUT2D eigenvalue weighted by Gasteiger charge is -1.99. The highest BCUT2D eigenvalue weighted by Crippen LogP contribution is 2.27. The molecule has 0 saturated carbocycles. The summed E-state index contributed by atoms with van der Waals surface area (Å²) in [7, 11) is 0. The summed E-state index contributed by atoms with van der Waals surface area (Å²) in [6, 6.07) is 11.1. The Morgan fingerprint density at radius 2 is 2.15 bits per heavy atom. The fourth-order valence-corrected chi connectivity index (χ4v) is 3.60. The Kier molecular flexibility index (Phi) is 3.66. The molecule has 0 aliphatic rings. The second kappa shape index (κ2) is 5.60. The van der Waals surface area contributed by atoms with Gasteiger partial charge in [0, 0.05) is 6.20 Å². The van der Waals surface area contributed by atoms with Crippen LogP contribution in [0.3, 0.4) is 0 Å². The van der Waals surface area contributed by atoms with E-state index in [1.54, 1.807) is 17.4 Å². The molecule has 2 aromatic heterocycles. The lowest BCUT2D eigenvalue weighted by molar-refractivity contribution is 0.0696. The monoisotopic (exact) mass is 302 g/mol. The van der Waals surface area contributed by atoms with Crippen LogP contribution in [0.1, 0.15) is 15.4 Å². The molecular formula is C14H10N2O2S2. The van der Waals surface area contributed by atoms with E-state index < -0.39 is 5.97 Å². The number of aromatic carboxylic acids is 1. The van der Waals surface area contributed by atoms with E-state index >= 15 is 0 Å². The molecule has 0 bridgehead atoms. The van der Waals surface area contributed by atoms with Crippen LogP contribution in [-0.2, 0) is 5.75 Å². The first kappa shape index (κ1) is 13.1. The molecule has 0 unspecified atom stereocenters. The van der Waals surface area contributed by atoms with Crippen LogP contribution in [0.2, 0.25) is 0 Å². The SMILES string of the molecule is O=C(O)c1ccnc(SCc2nc3ccccc3s2)c1. The quantitative estimate of drug-likeness (QED) is 0.745. The summed E-state index contributed by atoms with van der Waals surface area (Å²) >= 11 is 3.14. The van der Waals surface area contributed by atoms with Gasteiger partial charge in [0.05, 0.1) is 26.6 Å². The van der Waals surface area contributed by atoms with Gasteiger partial charge in [-0.1, -0.05) is 23.9 Å². The smallest absolute Gasteiger partial charge is 0.335 e. The highest BCUT2D eigenvalue weighted by Gasteiger charge is 2.07. The van der Waals surface area contributed by atoms with Crippen LogP contribution >= 0.6 is 23.1 Å². The van der Waals surface area contributed by atoms with Gasteiger partial charge in [-0.05, 0) is 24.3 Å². The maximum atomic E-state index is 10.9. The fourth-order valence-electron chi connectivity index (χ4n) is 1.74. The van der Waals surface area contributed by atoms with Crippen molar-refractivity contribution in [2.75, 3.05) is 0 Å². The van der Waals surface area contributed by atoms with E-state index in [4.69, 9.17) is 5.11 Å². The Labute approximate surface area is 123 Å². The third-order valence-electron chi connectivity index (χ3n) is 2.66. The Morgan fingerprint density at radius 1 is 1.30 bits per heavy atom. The van der Waals surface area contributed by atoms with E-state index in [-0.39, 0.29) is 5.56 Å². The number of pyridine rings is 1. The number of thioether (sulfide) groups is 1. The molecule has 3 rings (SSSR count). The zero-order valence-electron chi connectivity index (χ0n) is 10.3. The molecule has 6 heteroatoms. The van der Waals surface area contributed by atoms with Gasteiger partial charge in [-0.15, -0.1) is 11.3 Å². The largest absolute Gasteiger partial charge is 0.478 e. The van der Waals surface area contributed by atoms with E-state index in [0.29, 0.717) is 10.8 Å². The van der Waals surface area contributed by atoms with Crippen LogP contribution in [0.25, 0.3) is 10.2 Å². The van der Waals surface area contributed by atoms with E-state index in [0.717, 1.165) is 15.2 Å². The van der Waals surface area contributed by atoms with Crippen molar-refractivity contribution < 1.29 is 9.90 Å². The van der Waals surface area contributed by atoms with Crippen LogP contribution in [0.4, 0.5) is 0 Å². The molecule has 0 fully saturated rings. The normalized spacial score (nSPS) is 10.8. The van der Waals surface area contributed by atoms with Gasteiger partial charge >= 0.3 is 5.97 Å². The van der Waals surface area contributed by atoms with Crippen molar-refractivity contribution in [2.45, 2.75) is 10.8 Å². The Bertz CT molecular complexity index is 737. The summed E-state index contributed by atoms with van der Waals surface area (Å²) in [6.45, 7) is 0. The number of fused-ring (bicyclic) bond motifs is 1. The van der Waals surface area contributed by atoms with Crippen LogP contribution in [0.15, 0.2) is 47.6 Å². The first-order valence-electron chi connectivity index (χ1n) is 5.89. The van der Waals surface area contributed by atoms with Gasteiger partial charge in [0.15, 0.2) is 0 Å². The number of benzene rings is 1. The number of rotatable bonds is 4. The Morgan fingerprint density at radius 3 is 2.95 bits per heavy atom. The second-order valence-electron chi connectivity index (χ2n) is 4.05. The van der Waals surface area contributed by atoms with Crippen molar-refractivity contribution in [1.29, 1.82) is 0 Å². The second-order valence-corrected chi connectivity index (χ2v) is 6.16. The van der Waals surface area contributed by atoms with E-state index in [2.05, 4.69) is 9.97 Å². The average Bonchev–Trinajstić information content (AvgIpc) is 2.88. The predicted molar refractivity (Wildman–Crippen MR) is 80.4 cm³/mol. The lowest BCUT2D eigenvalue weighted by atomic mass is 10.3. The van der Waals surface area contributed by atoms with Crippen LogP contribution in [-0.4, -0.2) is 21.0 Å². The van der Waals surface area contributed by atoms with E-state index in [1.807, 2.05) is 24.3 Å². The van der Waals surface area contributed by atoms with Crippen molar-refractivity contribution in [2.24, 2.45) is 0 Å². The van der Waals surface area contributed by atoms with E-state index in [1.165, 1.54) is 24.0 Å². The molecule has 2 heterocycles. The molecule has 1 aromatic carbocycles. The number of hydrogen-bond acceptors (Lipinski definition) is 5. The van der Waals surface area contributed by atoms with Gasteiger partial charge < -0.3 is 5.11 Å². The summed E-state index contributed by atoms with van der Waals surface area (Å²) in [5, 5.41) is 10.7. The number of carbonyl (C=O) groups is 1. The number of para-hydroxylation sites is 1. The van der Waals surface area contributed by atoms with Crippen molar-refractivity contribution in [3.63, 3.8) is 0 Å². The Hall–Kier alpha value is -1.92. The van der Waals surface area contributed by atoms with Crippen LogP contribution in [0.5, 0.6) is 0 Å². The van der Waals surface area contributed by atoms with Crippen LogP contribution < -0.4 is 0 Å². The average molecular weight is 302 g/mol. The lowest BCUT2D eigenvalue weighted by Crippen LogP contribution is -1.96. The highest BCUT2D eigenvalue weighted by atomic mass is 32.2. The summed E-state index contributed by atoms with van der Waals surface area (Å²) < 4.78 is 1.16. The number of hydrogen-bond donors (Lipinski definition) is 1. The van der Waals surface area contributed by atoms with Gasteiger partial charge in [-0.3, -0.25) is 0 Å². The topological polar surface area (TPSA) is 63.1 Å². The van der Waals surface area contributed by atoms with Gasteiger partial charge in [0.2, 0.25) is 0 Å². The van der Waals surface area contributed by atoms with Crippen molar-refractivity contribution in [3.05, 3.63) is 53.2 Å². The van der Waals surface area contributed by atoms with Gasteiger partial charge in [0.25, 0.3) is 0 Å². The summed E-state index contributed by atoms with van der Waals surface area (Å²) in [4.78, 5) is 19.6. The molecule has 0 radical (unpaired) electrons. The van der Waals surface area contributed by atoms with Gasteiger partial charge in [0.1, 0.15) is 5.01 Å². The van der Waals surface area contributed by atoms with Crippen LogP contribution in [0, 0.1) is 0 Å². The number of carboxylic acids is 1. The molecule has 0 spiro atoms. The minimum atomic E-state index is -0.936. The summed E-state index contributed by atoms with van der Waals surface area (Å²) in [6.07, 6.45) is 1.52. The first-order chi connectivity index (χ1) is 9.72. The summed E-state index contributed by atoms with van der Waals surface area (Å²) in [5.74, 6) is -0.246. The maximum Gasteiger partial charge on any atom is 0.335 e. The zero-order chi connectivity index (χ0) is 13.9. The van der Waals surface area contributed by atoms with Crippen molar-refractivity contribution >= 4 is 39.3 Å². The third-order valence-corrected chi connectivity index (χ3v) is 4.82. The molecule has 0 atom stereocenters. The number of aromatic nitrogens is 2. The molecule has 20 heavy (non-hydrogen) atoms. The standard InChI is InChI=1S/C14H10N2O2S2/c17-14(18)9-5-6-15-12(7-9)19-8-13-16-10-3-1-2-4-11(10)20-13/h1-7H,8H2,(H,17,18). The third kappa shape index (κ3) is 2.81. The minimum Gasteiger partial charge on any atom is -0.478 e. The maximum absolute atomic E-state index is 10.9. The predicted octanol–water partition coefficient (Wildman–Crippen LogP) is 3.68.